The first-order valence-electron chi connectivity index (χ1n) is 5.76. The van der Waals surface area contributed by atoms with E-state index in [9.17, 15) is 0 Å². The van der Waals surface area contributed by atoms with Crippen molar-refractivity contribution in [1.29, 1.82) is 0 Å². The second kappa shape index (κ2) is 3.61. The number of nitrogens with one attached hydrogen (secondary N) is 1. The first kappa shape index (κ1) is 10.8. The lowest BCUT2D eigenvalue weighted by atomic mass is 9.74. The number of hydrogen-bond acceptors (Lipinski definition) is 1. The number of fused-ring (bicyclic) bond motifs is 2. The fourth-order valence-corrected chi connectivity index (χ4v) is 3.05. The standard InChI is InChI=1S/C15H14BrN/c1-15(2)10-6-3-4-9-13(10)17-14-11(15)7-5-8-12(14)16/h3-9,17H,1-2H3. The lowest BCUT2D eigenvalue weighted by Crippen LogP contribution is -2.26. The lowest BCUT2D eigenvalue weighted by molar-refractivity contribution is 0.637. The van der Waals surface area contributed by atoms with Gasteiger partial charge in [-0.15, -0.1) is 0 Å². The second-order valence-corrected chi connectivity index (χ2v) is 5.81. The third-order valence-electron chi connectivity index (χ3n) is 3.55. The minimum Gasteiger partial charge on any atom is -0.354 e. The molecule has 0 aliphatic carbocycles. The van der Waals surface area contributed by atoms with Gasteiger partial charge in [-0.25, -0.2) is 0 Å². The fourth-order valence-electron chi connectivity index (χ4n) is 2.59. The maximum atomic E-state index is 3.62. The van der Waals surface area contributed by atoms with Gasteiger partial charge >= 0.3 is 0 Å². The van der Waals surface area contributed by atoms with Crippen LogP contribution in [0.1, 0.15) is 25.0 Å². The molecule has 1 aliphatic rings. The highest BCUT2D eigenvalue weighted by Crippen LogP contribution is 2.47. The topological polar surface area (TPSA) is 12.0 Å². The smallest absolute Gasteiger partial charge is 0.0570 e. The van der Waals surface area contributed by atoms with Gasteiger partial charge in [-0.1, -0.05) is 44.2 Å². The molecule has 2 aromatic carbocycles. The molecule has 0 spiro atoms. The Labute approximate surface area is 110 Å². The van der Waals surface area contributed by atoms with Gasteiger partial charge in [0, 0.05) is 15.6 Å². The summed E-state index contributed by atoms with van der Waals surface area (Å²) in [6.07, 6.45) is 0. The minimum atomic E-state index is 0.0426. The van der Waals surface area contributed by atoms with Gasteiger partial charge < -0.3 is 5.32 Å². The highest BCUT2D eigenvalue weighted by Gasteiger charge is 2.32. The molecule has 0 radical (unpaired) electrons. The summed E-state index contributed by atoms with van der Waals surface area (Å²) in [7, 11) is 0. The predicted molar refractivity (Wildman–Crippen MR) is 76.0 cm³/mol. The van der Waals surface area contributed by atoms with Gasteiger partial charge in [0.1, 0.15) is 0 Å². The van der Waals surface area contributed by atoms with Gasteiger partial charge in [-0.3, -0.25) is 0 Å². The van der Waals surface area contributed by atoms with Gasteiger partial charge in [0.05, 0.1) is 5.69 Å². The molecule has 0 aromatic heterocycles. The summed E-state index contributed by atoms with van der Waals surface area (Å²) in [6, 6.07) is 14.9. The molecule has 1 N–H and O–H groups in total. The van der Waals surface area contributed by atoms with E-state index in [1.807, 2.05) is 0 Å². The third kappa shape index (κ3) is 1.51. The first-order chi connectivity index (χ1) is 8.10. The minimum absolute atomic E-state index is 0.0426. The zero-order valence-electron chi connectivity index (χ0n) is 9.92. The van der Waals surface area contributed by atoms with Crippen molar-refractivity contribution >= 4 is 27.3 Å². The molecule has 1 nitrogen and oxygen atoms in total. The van der Waals surface area contributed by atoms with Gasteiger partial charge in [0.2, 0.25) is 0 Å². The van der Waals surface area contributed by atoms with Crippen molar-refractivity contribution in [3.63, 3.8) is 0 Å². The summed E-state index contributed by atoms with van der Waals surface area (Å²) in [5.74, 6) is 0. The molecule has 2 heteroatoms. The largest absolute Gasteiger partial charge is 0.354 e. The van der Waals surface area contributed by atoms with Crippen LogP contribution >= 0.6 is 15.9 Å². The number of rotatable bonds is 0. The summed E-state index contributed by atoms with van der Waals surface area (Å²) in [5, 5.41) is 3.52. The fraction of sp³-hybridized carbons (Fsp3) is 0.200. The number of hydrogen-bond donors (Lipinski definition) is 1. The molecule has 0 bridgehead atoms. The van der Waals surface area contributed by atoms with Crippen molar-refractivity contribution < 1.29 is 0 Å². The van der Waals surface area contributed by atoms with Crippen molar-refractivity contribution in [3.8, 4) is 0 Å². The number of halogens is 1. The Balaban J connectivity index is 2.31. The van der Waals surface area contributed by atoms with E-state index < -0.39 is 0 Å². The van der Waals surface area contributed by atoms with E-state index in [2.05, 4.69) is 77.6 Å². The van der Waals surface area contributed by atoms with Gasteiger partial charge in [0.25, 0.3) is 0 Å². The predicted octanol–water partition coefficient (Wildman–Crippen LogP) is 4.83. The molecule has 1 heterocycles. The molecule has 2 aromatic rings. The Hall–Kier alpha value is -1.28. The average molecular weight is 288 g/mol. The van der Waals surface area contributed by atoms with E-state index in [4.69, 9.17) is 0 Å². The monoisotopic (exact) mass is 287 g/mol. The molecule has 0 atom stereocenters. The molecular weight excluding hydrogens is 274 g/mol. The average Bonchev–Trinajstić information content (AvgIpc) is 2.31. The molecule has 3 rings (SSSR count). The van der Waals surface area contributed by atoms with E-state index in [0.29, 0.717) is 0 Å². The van der Waals surface area contributed by atoms with E-state index in [-0.39, 0.29) is 5.41 Å². The van der Waals surface area contributed by atoms with Crippen molar-refractivity contribution in [2.45, 2.75) is 19.3 Å². The summed E-state index contributed by atoms with van der Waals surface area (Å²) >= 11 is 3.62. The highest BCUT2D eigenvalue weighted by atomic mass is 79.9. The van der Waals surface area contributed by atoms with Crippen LogP contribution in [0.25, 0.3) is 0 Å². The van der Waals surface area contributed by atoms with Crippen LogP contribution in [0, 0.1) is 0 Å². The Morgan fingerprint density at radius 2 is 1.65 bits per heavy atom. The highest BCUT2D eigenvalue weighted by molar-refractivity contribution is 9.10. The Kier molecular flexibility index (Phi) is 2.30. The number of para-hydroxylation sites is 2. The molecule has 0 amide bonds. The second-order valence-electron chi connectivity index (χ2n) is 4.96. The summed E-state index contributed by atoms with van der Waals surface area (Å²) in [6.45, 7) is 4.55. The molecule has 86 valence electrons. The first-order valence-corrected chi connectivity index (χ1v) is 6.55. The molecule has 0 fully saturated rings. The van der Waals surface area contributed by atoms with Crippen molar-refractivity contribution in [2.24, 2.45) is 0 Å². The van der Waals surface area contributed by atoms with Crippen LogP contribution in [-0.4, -0.2) is 0 Å². The van der Waals surface area contributed by atoms with E-state index in [1.54, 1.807) is 0 Å². The van der Waals surface area contributed by atoms with E-state index in [0.717, 1.165) is 4.47 Å². The third-order valence-corrected chi connectivity index (χ3v) is 4.21. The molecule has 0 saturated heterocycles. The molecule has 1 aliphatic heterocycles. The normalized spacial score (nSPS) is 15.7. The van der Waals surface area contributed by atoms with E-state index >= 15 is 0 Å². The van der Waals surface area contributed by atoms with E-state index in [1.165, 1.54) is 22.5 Å². The van der Waals surface area contributed by atoms with Gasteiger partial charge in [-0.05, 0) is 39.2 Å². The molecule has 0 saturated carbocycles. The zero-order valence-corrected chi connectivity index (χ0v) is 11.5. The SMILES string of the molecule is CC1(C)c2ccccc2Nc2c(Br)cccc21. The van der Waals surface area contributed by atoms with Gasteiger partial charge in [0.15, 0.2) is 0 Å². The van der Waals surface area contributed by atoms with Crippen LogP contribution in [0.3, 0.4) is 0 Å². The summed E-state index contributed by atoms with van der Waals surface area (Å²) in [5.41, 5.74) is 5.13. The van der Waals surface area contributed by atoms with Crippen LogP contribution in [0.15, 0.2) is 46.9 Å². The maximum absolute atomic E-state index is 3.62. The maximum Gasteiger partial charge on any atom is 0.0570 e. The molecular formula is C15H14BrN. The summed E-state index contributed by atoms with van der Waals surface area (Å²) in [4.78, 5) is 0. The Morgan fingerprint density at radius 3 is 2.47 bits per heavy atom. The van der Waals surface area contributed by atoms with Crippen molar-refractivity contribution in [3.05, 3.63) is 58.1 Å². The lowest BCUT2D eigenvalue weighted by Gasteiger charge is -2.36. The molecule has 0 unspecified atom stereocenters. The van der Waals surface area contributed by atoms with Crippen molar-refractivity contribution in [1.82, 2.24) is 0 Å². The van der Waals surface area contributed by atoms with Crippen LogP contribution in [-0.2, 0) is 5.41 Å². The van der Waals surface area contributed by atoms with Crippen LogP contribution in [0.4, 0.5) is 11.4 Å². The molecule has 17 heavy (non-hydrogen) atoms. The van der Waals surface area contributed by atoms with Crippen LogP contribution < -0.4 is 5.32 Å². The number of benzene rings is 2. The Morgan fingerprint density at radius 1 is 0.941 bits per heavy atom. The summed E-state index contributed by atoms with van der Waals surface area (Å²) < 4.78 is 1.12. The Bertz CT molecular complexity index is 587. The zero-order chi connectivity index (χ0) is 12.0. The van der Waals surface area contributed by atoms with Crippen LogP contribution in [0.5, 0.6) is 0 Å². The quantitative estimate of drug-likeness (QED) is 0.732. The van der Waals surface area contributed by atoms with Gasteiger partial charge in [-0.2, -0.15) is 0 Å². The number of anilines is 2. The van der Waals surface area contributed by atoms with Crippen molar-refractivity contribution in [2.75, 3.05) is 5.32 Å². The van der Waals surface area contributed by atoms with Crippen LogP contribution in [0.2, 0.25) is 0 Å².